The number of hydrogen-bond donors (Lipinski definition) is 2. The number of hydrogen-bond acceptors (Lipinski definition) is 3. The number of nitrogens with zero attached hydrogens (tertiary/aromatic N) is 1. The number of halogens is 1. The third kappa shape index (κ3) is 3.11. The number of aromatic carboxylic acids is 1. The molecule has 0 fully saturated rings. The number of rotatable bonds is 4. The summed E-state index contributed by atoms with van der Waals surface area (Å²) in [6.45, 7) is 3.55. The van der Waals surface area contributed by atoms with Crippen LogP contribution in [0, 0.1) is 13.8 Å². The van der Waals surface area contributed by atoms with E-state index in [9.17, 15) is 13.2 Å². The molecule has 0 saturated heterocycles. The average Bonchev–Trinajstić information content (AvgIpc) is 2.69. The summed E-state index contributed by atoms with van der Waals surface area (Å²) in [6, 6.07) is 7.34. The molecule has 0 bridgehead atoms. The molecule has 0 aliphatic heterocycles. The molecule has 2 rings (SSSR count). The van der Waals surface area contributed by atoms with Gasteiger partial charge in [-0.2, -0.15) is 8.42 Å². The van der Waals surface area contributed by atoms with E-state index in [4.69, 9.17) is 5.11 Å². The molecule has 2 aromatic rings. The number of nitrogens with one attached hydrogen (secondary N) is 1. The normalized spacial score (nSPS) is 11.4. The lowest BCUT2D eigenvalue weighted by Crippen LogP contribution is -2.25. The molecule has 21 heavy (non-hydrogen) atoms. The summed E-state index contributed by atoms with van der Waals surface area (Å²) >= 11 is 3.10. The summed E-state index contributed by atoms with van der Waals surface area (Å²) < 4.78 is 26.4. The van der Waals surface area contributed by atoms with Crippen molar-refractivity contribution in [2.75, 3.05) is 4.83 Å². The van der Waals surface area contributed by atoms with Gasteiger partial charge in [0.05, 0.1) is 5.56 Å². The number of sulfonamides is 1. The first-order valence-corrected chi connectivity index (χ1v) is 8.20. The highest BCUT2D eigenvalue weighted by molar-refractivity contribution is 9.10. The highest BCUT2D eigenvalue weighted by Gasteiger charge is 2.20. The number of aryl methyl sites for hydroxylation is 2. The summed E-state index contributed by atoms with van der Waals surface area (Å²) in [5, 5.41) is 8.89. The summed E-state index contributed by atoms with van der Waals surface area (Å²) in [6.07, 6.45) is 0. The van der Waals surface area contributed by atoms with Crippen LogP contribution in [0.1, 0.15) is 21.7 Å². The van der Waals surface area contributed by atoms with Crippen LogP contribution in [0.25, 0.3) is 0 Å². The van der Waals surface area contributed by atoms with E-state index >= 15 is 0 Å². The zero-order valence-electron chi connectivity index (χ0n) is 11.3. The molecule has 0 aliphatic carbocycles. The summed E-state index contributed by atoms with van der Waals surface area (Å²) in [5.41, 5.74) is 1.50. The summed E-state index contributed by atoms with van der Waals surface area (Å²) in [5.74, 6) is -1.12. The largest absolute Gasteiger partial charge is 0.478 e. The quantitative estimate of drug-likeness (QED) is 0.862. The third-order valence-electron chi connectivity index (χ3n) is 2.95. The zero-order valence-corrected chi connectivity index (χ0v) is 13.7. The van der Waals surface area contributed by atoms with Crippen molar-refractivity contribution in [3.63, 3.8) is 0 Å². The topological polar surface area (TPSA) is 88.4 Å². The molecule has 2 N–H and O–H groups in total. The van der Waals surface area contributed by atoms with Gasteiger partial charge >= 0.3 is 5.97 Å². The molecular formula is C13H13BrN2O4S. The number of carboxylic acids is 1. The van der Waals surface area contributed by atoms with Gasteiger partial charge in [0.25, 0.3) is 10.0 Å². The van der Waals surface area contributed by atoms with Gasteiger partial charge in [-0.3, -0.25) is 4.68 Å². The Kier molecular flexibility index (Phi) is 4.11. The van der Waals surface area contributed by atoms with Crippen molar-refractivity contribution in [2.45, 2.75) is 18.7 Å². The predicted octanol–water partition coefficient (Wildman–Crippen LogP) is 2.50. The first kappa shape index (κ1) is 15.6. The highest BCUT2D eigenvalue weighted by atomic mass is 79.9. The van der Waals surface area contributed by atoms with Gasteiger partial charge in [-0.05, 0) is 60.1 Å². The number of carbonyl (C=O) groups is 1. The minimum absolute atomic E-state index is 0.00847. The van der Waals surface area contributed by atoms with Gasteiger partial charge in [0.1, 0.15) is 4.90 Å². The van der Waals surface area contributed by atoms with Gasteiger partial charge in [0, 0.05) is 15.9 Å². The molecule has 112 valence electrons. The van der Waals surface area contributed by atoms with Crippen molar-refractivity contribution in [3.8, 4) is 0 Å². The predicted molar refractivity (Wildman–Crippen MR) is 81.6 cm³/mol. The lowest BCUT2D eigenvalue weighted by molar-refractivity contribution is 0.0696. The van der Waals surface area contributed by atoms with Crippen LogP contribution in [0.15, 0.2) is 39.7 Å². The Balaban J connectivity index is 2.43. The summed E-state index contributed by atoms with van der Waals surface area (Å²) in [7, 11) is -3.83. The molecule has 1 aromatic carbocycles. The van der Waals surface area contributed by atoms with Crippen LogP contribution in [-0.2, 0) is 10.0 Å². The van der Waals surface area contributed by atoms with Gasteiger partial charge in [0.2, 0.25) is 0 Å². The first-order valence-electron chi connectivity index (χ1n) is 5.93. The van der Waals surface area contributed by atoms with Crippen LogP contribution >= 0.6 is 15.9 Å². The van der Waals surface area contributed by atoms with Crippen molar-refractivity contribution in [2.24, 2.45) is 0 Å². The Labute approximate surface area is 130 Å². The van der Waals surface area contributed by atoms with Gasteiger partial charge in [-0.1, -0.05) is 0 Å². The second-order valence-corrected chi connectivity index (χ2v) is 6.98. The third-order valence-corrected chi connectivity index (χ3v) is 5.23. The Morgan fingerprint density at radius 3 is 2.24 bits per heavy atom. The maximum atomic E-state index is 12.4. The Morgan fingerprint density at radius 2 is 1.76 bits per heavy atom. The maximum absolute atomic E-state index is 12.4. The fraction of sp³-hybridized carbons (Fsp3) is 0.154. The van der Waals surface area contributed by atoms with E-state index in [-0.39, 0.29) is 14.9 Å². The van der Waals surface area contributed by atoms with Crippen molar-refractivity contribution in [1.82, 2.24) is 4.68 Å². The van der Waals surface area contributed by atoms with E-state index in [1.54, 1.807) is 26.0 Å². The van der Waals surface area contributed by atoms with E-state index in [2.05, 4.69) is 20.8 Å². The minimum atomic E-state index is -3.83. The van der Waals surface area contributed by atoms with Gasteiger partial charge in [-0.15, -0.1) is 0 Å². The van der Waals surface area contributed by atoms with Gasteiger partial charge < -0.3 is 5.11 Å². The molecule has 0 radical (unpaired) electrons. The standard InChI is InChI=1S/C13H13BrN2O4S/c1-8-3-4-9(2)16(8)15-21(19,20)12-6-5-10(13(17)18)7-11(12)14/h3-7,15H,1-2H3,(H,17,18). The molecule has 1 aromatic heterocycles. The van der Waals surface area contributed by atoms with E-state index < -0.39 is 16.0 Å². The second-order valence-electron chi connectivity index (χ2n) is 4.50. The van der Waals surface area contributed by atoms with E-state index in [1.807, 2.05) is 0 Å². The molecule has 0 unspecified atom stereocenters. The smallest absolute Gasteiger partial charge is 0.335 e. The molecule has 6 nitrogen and oxygen atoms in total. The van der Waals surface area contributed by atoms with Crippen LogP contribution in [0.3, 0.4) is 0 Å². The number of benzene rings is 1. The fourth-order valence-corrected chi connectivity index (χ4v) is 4.04. The molecule has 8 heteroatoms. The second kappa shape index (κ2) is 5.53. The van der Waals surface area contributed by atoms with Gasteiger partial charge in [0.15, 0.2) is 0 Å². The Morgan fingerprint density at radius 1 is 1.19 bits per heavy atom. The molecule has 0 aliphatic rings. The van der Waals surface area contributed by atoms with Crippen molar-refractivity contribution >= 4 is 31.9 Å². The summed E-state index contributed by atoms with van der Waals surface area (Å²) in [4.78, 5) is 13.3. The average molecular weight is 373 g/mol. The maximum Gasteiger partial charge on any atom is 0.335 e. The van der Waals surface area contributed by atoms with E-state index in [0.29, 0.717) is 0 Å². The van der Waals surface area contributed by atoms with Crippen molar-refractivity contribution in [1.29, 1.82) is 0 Å². The molecular weight excluding hydrogens is 360 g/mol. The fourth-order valence-electron chi connectivity index (χ4n) is 1.83. The molecule has 0 atom stereocenters. The van der Waals surface area contributed by atoms with Crippen molar-refractivity contribution in [3.05, 3.63) is 51.8 Å². The molecule has 0 amide bonds. The highest BCUT2D eigenvalue weighted by Crippen LogP contribution is 2.24. The first-order chi connectivity index (χ1) is 9.72. The molecule has 1 heterocycles. The van der Waals surface area contributed by atoms with E-state index in [1.165, 1.54) is 22.9 Å². The zero-order chi connectivity index (χ0) is 15.8. The lowest BCUT2D eigenvalue weighted by atomic mass is 10.2. The van der Waals surface area contributed by atoms with Crippen LogP contribution in [0.5, 0.6) is 0 Å². The number of carboxylic acid groups (broad SMARTS) is 1. The Hall–Kier alpha value is -1.80. The SMILES string of the molecule is Cc1ccc(C)n1NS(=O)(=O)c1ccc(C(=O)O)cc1Br. The van der Waals surface area contributed by atoms with Crippen LogP contribution in [0.4, 0.5) is 0 Å². The van der Waals surface area contributed by atoms with Gasteiger partial charge in [-0.25, -0.2) is 9.63 Å². The van der Waals surface area contributed by atoms with Crippen LogP contribution in [0.2, 0.25) is 0 Å². The van der Waals surface area contributed by atoms with Crippen LogP contribution < -0.4 is 4.83 Å². The minimum Gasteiger partial charge on any atom is -0.478 e. The van der Waals surface area contributed by atoms with Crippen molar-refractivity contribution < 1.29 is 18.3 Å². The lowest BCUT2D eigenvalue weighted by Gasteiger charge is -2.14. The number of aromatic nitrogens is 1. The molecule has 0 spiro atoms. The Bertz CT molecular complexity index is 792. The monoisotopic (exact) mass is 372 g/mol. The van der Waals surface area contributed by atoms with E-state index in [0.717, 1.165) is 11.4 Å². The molecule has 0 saturated carbocycles. The van der Waals surface area contributed by atoms with Crippen LogP contribution in [-0.4, -0.2) is 24.2 Å².